The monoisotopic (exact) mass is 250 g/mol. The standard InChI is InChI=1S/C14H22N2O2/c1-10-5-6-13(11(2)9-10)15-14(18)16(4)8-7-12(3)17/h5-6,9,12,17H,7-8H2,1-4H3,(H,15,18). The van der Waals surface area contributed by atoms with Crippen molar-refractivity contribution in [3.63, 3.8) is 0 Å². The molecule has 0 heterocycles. The molecule has 0 fully saturated rings. The van der Waals surface area contributed by atoms with Gasteiger partial charge in [-0.05, 0) is 38.8 Å². The van der Waals surface area contributed by atoms with E-state index in [0.29, 0.717) is 13.0 Å². The molecule has 2 N–H and O–H groups in total. The highest BCUT2D eigenvalue weighted by atomic mass is 16.3. The second-order valence-electron chi connectivity index (χ2n) is 4.81. The highest BCUT2D eigenvalue weighted by Gasteiger charge is 2.10. The number of amides is 2. The topological polar surface area (TPSA) is 52.6 Å². The van der Waals surface area contributed by atoms with Crippen LogP contribution < -0.4 is 5.32 Å². The van der Waals surface area contributed by atoms with Crippen molar-refractivity contribution in [2.45, 2.75) is 33.3 Å². The van der Waals surface area contributed by atoms with Crippen LogP contribution in [0.25, 0.3) is 0 Å². The molecule has 2 amide bonds. The number of carbonyl (C=O) groups excluding carboxylic acids is 1. The van der Waals surface area contributed by atoms with Crippen molar-refractivity contribution >= 4 is 11.7 Å². The molecule has 0 aliphatic heterocycles. The molecule has 0 aromatic heterocycles. The Morgan fingerprint density at radius 1 is 1.44 bits per heavy atom. The number of carbonyl (C=O) groups is 1. The predicted molar refractivity (Wildman–Crippen MR) is 73.9 cm³/mol. The Labute approximate surface area is 109 Å². The summed E-state index contributed by atoms with van der Waals surface area (Å²) in [7, 11) is 1.72. The van der Waals surface area contributed by atoms with Crippen molar-refractivity contribution in [2.75, 3.05) is 18.9 Å². The molecule has 0 spiro atoms. The van der Waals surface area contributed by atoms with Gasteiger partial charge >= 0.3 is 6.03 Å². The minimum atomic E-state index is -0.388. The fourth-order valence-corrected chi connectivity index (χ4v) is 1.65. The lowest BCUT2D eigenvalue weighted by Gasteiger charge is -2.19. The Morgan fingerprint density at radius 2 is 2.11 bits per heavy atom. The normalized spacial score (nSPS) is 12.1. The fraction of sp³-hybridized carbons (Fsp3) is 0.500. The second-order valence-corrected chi connectivity index (χ2v) is 4.81. The van der Waals surface area contributed by atoms with E-state index >= 15 is 0 Å². The van der Waals surface area contributed by atoms with Crippen molar-refractivity contribution in [2.24, 2.45) is 0 Å². The summed E-state index contributed by atoms with van der Waals surface area (Å²) in [6.07, 6.45) is 0.193. The molecule has 0 aliphatic carbocycles. The van der Waals surface area contributed by atoms with E-state index in [9.17, 15) is 9.90 Å². The molecule has 1 atom stereocenters. The van der Waals surface area contributed by atoms with Gasteiger partial charge in [0, 0.05) is 19.3 Å². The number of rotatable bonds is 4. The maximum absolute atomic E-state index is 11.9. The first-order valence-corrected chi connectivity index (χ1v) is 6.17. The van der Waals surface area contributed by atoms with Crippen molar-refractivity contribution in [3.8, 4) is 0 Å². The van der Waals surface area contributed by atoms with Gasteiger partial charge in [-0.15, -0.1) is 0 Å². The van der Waals surface area contributed by atoms with Crippen LogP contribution in [0.1, 0.15) is 24.5 Å². The molecule has 100 valence electrons. The van der Waals surface area contributed by atoms with Crippen LogP contribution in [0.15, 0.2) is 18.2 Å². The molecule has 4 nitrogen and oxygen atoms in total. The zero-order chi connectivity index (χ0) is 13.7. The fourth-order valence-electron chi connectivity index (χ4n) is 1.65. The Hall–Kier alpha value is -1.55. The van der Waals surface area contributed by atoms with E-state index in [4.69, 9.17) is 0 Å². The minimum Gasteiger partial charge on any atom is -0.393 e. The molecule has 0 radical (unpaired) electrons. The van der Waals surface area contributed by atoms with Gasteiger partial charge in [0.15, 0.2) is 0 Å². The van der Waals surface area contributed by atoms with Crippen molar-refractivity contribution in [1.29, 1.82) is 0 Å². The highest BCUT2D eigenvalue weighted by molar-refractivity contribution is 5.89. The first-order chi connectivity index (χ1) is 8.40. The third kappa shape index (κ3) is 4.37. The Morgan fingerprint density at radius 3 is 2.67 bits per heavy atom. The van der Waals surface area contributed by atoms with Crippen LogP contribution in [0.2, 0.25) is 0 Å². The van der Waals surface area contributed by atoms with Gasteiger partial charge in [-0.2, -0.15) is 0 Å². The lowest BCUT2D eigenvalue weighted by Crippen LogP contribution is -2.33. The molecular weight excluding hydrogens is 228 g/mol. The molecule has 0 bridgehead atoms. The number of nitrogens with zero attached hydrogens (tertiary/aromatic N) is 1. The summed E-state index contributed by atoms with van der Waals surface area (Å²) in [4.78, 5) is 13.5. The number of anilines is 1. The lowest BCUT2D eigenvalue weighted by atomic mass is 10.1. The summed E-state index contributed by atoms with van der Waals surface area (Å²) in [6.45, 7) is 6.25. The van der Waals surface area contributed by atoms with Gasteiger partial charge in [-0.1, -0.05) is 17.7 Å². The average Bonchev–Trinajstić information content (AvgIpc) is 2.29. The lowest BCUT2D eigenvalue weighted by molar-refractivity contribution is 0.167. The van der Waals surface area contributed by atoms with Crippen molar-refractivity contribution < 1.29 is 9.90 Å². The summed E-state index contributed by atoms with van der Waals surface area (Å²) < 4.78 is 0. The van der Waals surface area contributed by atoms with Crippen LogP contribution in [0.5, 0.6) is 0 Å². The van der Waals surface area contributed by atoms with Gasteiger partial charge in [-0.3, -0.25) is 0 Å². The number of nitrogens with one attached hydrogen (secondary N) is 1. The molecule has 18 heavy (non-hydrogen) atoms. The Kier molecular flexibility index (Phi) is 5.16. The van der Waals surface area contributed by atoms with Crippen LogP contribution in [-0.4, -0.2) is 35.7 Å². The summed E-state index contributed by atoms with van der Waals surface area (Å²) in [6, 6.07) is 5.76. The molecule has 0 saturated carbocycles. The second kappa shape index (κ2) is 6.40. The van der Waals surface area contributed by atoms with E-state index in [1.54, 1.807) is 18.9 Å². The van der Waals surface area contributed by atoms with Gasteiger partial charge in [0.1, 0.15) is 0 Å². The number of hydrogen-bond acceptors (Lipinski definition) is 2. The SMILES string of the molecule is Cc1ccc(NC(=O)N(C)CCC(C)O)c(C)c1. The van der Waals surface area contributed by atoms with E-state index in [-0.39, 0.29) is 12.1 Å². The van der Waals surface area contributed by atoms with E-state index in [1.807, 2.05) is 32.0 Å². The van der Waals surface area contributed by atoms with Gasteiger partial charge in [0.2, 0.25) is 0 Å². The number of aliphatic hydroxyl groups excluding tert-OH is 1. The maximum Gasteiger partial charge on any atom is 0.321 e. The molecule has 0 aliphatic rings. The molecule has 1 unspecified atom stereocenters. The molecule has 0 saturated heterocycles. The Balaban J connectivity index is 2.58. The third-order valence-electron chi connectivity index (χ3n) is 2.85. The van der Waals surface area contributed by atoms with Crippen LogP contribution in [0.4, 0.5) is 10.5 Å². The summed E-state index contributed by atoms with van der Waals surface area (Å²) in [5.41, 5.74) is 3.05. The van der Waals surface area contributed by atoms with Crippen molar-refractivity contribution in [3.05, 3.63) is 29.3 Å². The predicted octanol–water partition coefficient (Wildman–Crippen LogP) is 2.54. The highest BCUT2D eigenvalue weighted by Crippen LogP contribution is 2.16. The summed E-state index contributed by atoms with van der Waals surface area (Å²) >= 11 is 0. The van der Waals surface area contributed by atoms with E-state index in [2.05, 4.69) is 5.32 Å². The molecule has 4 heteroatoms. The van der Waals surface area contributed by atoms with Crippen LogP contribution in [0.3, 0.4) is 0 Å². The summed E-state index contributed by atoms with van der Waals surface area (Å²) in [5.74, 6) is 0. The first-order valence-electron chi connectivity index (χ1n) is 6.17. The van der Waals surface area contributed by atoms with Crippen molar-refractivity contribution in [1.82, 2.24) is 4.90 Å². The number of aliphatic hydroxyl groups is 1. The maximum atomic E-state index is 11.9. The Bertz CT molecular complexity index is 416. The number of hydrogen-bond donors (Lipinski definition) is 2. The molecule has 1 aromatic carbocycles. The summed E-state index contributed by atoms with van der Waals surface area (Å²) in [5, 5.41) is 12.1. The zero-order valence-corrected chi connectivity index (χ0v) is 11.5. The third-order valence-corrected chi connectivity index (χ3v) is 2.85. The smallest absolute Gasteiger partial charge is 0.321 e. The minimum absolute atomic E-state index is 0.150. The zero-order valence-electron chi connectivity index (χ0n) is 11.5. The quantitative estimate of drug-likeness (QED) is 0.862. The molecule has 1 rings (SSSR count). The number of aryl methyl sites for hydroxylation is 2. The van der Waals surface area contributed by atoms with E-state index < -0.39 is 0 Å². The number of benzene rings is 1. The van der Waals surface area contributed by atoms with Gasteiger partial charge in [0.25, 0.3) is 0 Å². The van der Waals surface area contributed by atoms with Gasteiger partial charge in [0.05, 0.1) is 6.10 Å². The molecule has 1 aromatic rings. The van der Waals surface area contributed by atoms with Gasteiger partial charge in [-0.25, -0.2) is 4.79 Å². The molecular formula is C14H22N2O2. The van der Waals surface area contributed by atoms with Crippen LogP contribution in [0, 0.1) is 13.8 Å². The first kappa shape index (κ1) is 14.5. The van der Waals surface area contributed by atoms with E-state index in [0.717, 1.165) is 11.3 Å². The van der Waals surface area contributed by atoms with Crippen LogP contribution >= 0.6 is 0 Å². The number of urea groups is 1. The van der Waals surface area contributed by atoms with Crippen LogP contribution in [-0.2, 0) is 0 Å². The van der Waals surface area contributed by atoms with Gasteiger partial charge < -0.3 is 15.3 Å². The largest absolute Gasteiger partial charge is 0.393 e. The average molecular weight is 250 g/mol. The van der Waals surface area contributed by atoms with E-state index in [1.165, 1.54) is 5.56 Å².